The number of carbonyl (C=O) groups excluding carboxylic acids is 1. The van der Waals surface area contributed by atoms with E-state index in [0.29, 0.717) is 12.2 Å². The standard InChI is InChI=1S/C19H18O2S/c1-21-19(20)14-15-22-18(17-10-6-3-7-11-17)13-12-16-8-4-2-5-9-16/h2-11,18H,14-15H2,1H3. The van der Waals surface area contributed by atoms with Crippen molar-refractivity contribution in [3.8, 4) is 11.8 Å². The lowest BCUT2D eigenvalue weighted by atomic mass is 10.1. The summed E-state index contributed by atoms with van der Waals surface area (Å²) >= 11 is 1.66. The summed E-state index contributed by atoms with van der Waals surface area (Å²) in [5, 5.41) is 0.0473. The van der Waals surface area contributed by atoms with Crippen molar-refractivity contribution < 1.29 is 9.53 Å². The second-order valence-electron chi connectivity index (χ2n) is 4.62. The third-order valence-electron chi connectivity index (χ3n) is 3.04. The van der Waals surface area contributed by atoms with Crippen LogP contribution < -0.4 is 0 Å². The van der Waals surface area contributed by atoms with Crippen LogP contribution in [0.2, 0.25) is 0 Å². The Kier molecular flexibility index (Phi) is 6.60. The van der Waals surface area contributed by atoms with E-state index in [4.69, 9.17) is 0 Å². The fraction of sp³-hybridized carbons (Fsp3) is 0.211. The third kappa shape index (κ3) is 5.31. The number of ether oxygens (including phenoxy) is 1. The maximum Gasteiger partial charge on any atom is 0.306 e. The van der Waals surface area contributed by atoms with E-state index >= 15 is 0 Å². The van der Waals surface area contributed by atoms with Crippen molar-refractivity contribution in [2.75, 3.05) is 12.9 Å². The lowest BCUT2D eigenvalue weighted by Gasteiger charge is -2.10. The van der Waals surface area contributed by atoms with Crippen LogP contribution in [0.25, 0.3) is 0 Å². The van der Waals surface area contributed by atoms with Crippen molar-refractivity contribution in [2.24, 2.45) is 0 Å². The van der Waals surface area contributed by atoms with Gasteiger partial charge in [-0.05, 0) is 17.7 Å². The fourth-order valence-corrected chi connectivity index (χ4v) is 2.89. The molecule has 0 bridgehead atoms. The summed E-state index contributed by atoms with van der Waals surface area (Å²) in [6.45, 7) is 0. The van der Waals surface area contributed by atoms with Gasteiger partial charge in [0.05, 0.1) is 18.8 Å². The molecule has 2 aromatic carbocycles. The number of benzene rings is 2. The zero-order valence-electron chi connectivity index (χ0n) is 12.5. The highest BCUT2D eigenvalue weighted by Gasteiger charge is 2.10. The Morgan fingerprint density at radius 1 is 1.09 bits per heavy atom. The smallest absolute Gasteiger partial charge is 0.306 e. The molecule has 0 aliphatic heterocycles. The predicted molar refractivity (Wildman–Crippen MR) is 91.6 cm³/mol. The Hall–Kier alpha value is -2.18. The van der Waals surface area contributed by atoms with E-state index in [1.165, 1.54) is 7.11 Å². The molecule has 2 nitrogen and oxygen atoms in total. The average molecular weight is 310 g/mol. The van der Waals surface area contributed by atoms with Crippen LogP contribution in [-0.2, 0) is 9.53 Å². The first-order chi connectivity index (χ1) is 10.8. The summed E-state index contributed by atoms with van der Waals surface area (Å²) in [6, 6.07) is 20.1. The normalized spacial score (nSPS) is 11.1. The van der Waals surface area contributed by atoms with Crippen LogP contribution in [0.15, 0.2) is 60.7 Å². The minimum Gasteiger partial charge on any atom is -0.469 e. The maximum atomic E-state index is 11.2. The molecule has 3 heteroatoms. The number of esters is 1. The average Bonchev–Trinajstić information content (AvgIpc) is 2.59. The van der Waals surface area contributed by atoms with E-state index in [9.17, 15) is 4.79 Å². The fourth-order valence-electron chi connectivity index (χ4n) is 1.88. The van der Waals surface area contributed by atoms with Gasteiger partial charge in [0.25, 0.3) is 0 Å². The number of methoxy groups -OCH3 is 1. The van der Waals surface area contributed by atoms with E-state index in [1.807, 2.05) is 48.5 Å². The highest BCUT2D eigenvalue weighted by Crippen LogP contribution is 2.28. The van der Waals surface area contributed by atoms with Gasteiger partial charge >= 0.3 is 5.97 Å². The van der Waals surface area contributed by atoms with Crippen molar-refractivity contribution in [3.05, 3.63) is 71.8 Å². The van der Waals surface area contributed by atoms with Crippen LogP contribution in [0.5, 0.6) is 0 Å². The number of rotatable bonds is 5. The van der Waals surface area contributed by atoms with Crippen LogP contribution in [-0.4, -0.2) is 18.8 Å². The van der Waals surface area contributed by atoms with Crippen LogP contribution >= 0.6 is 11.8 Å². The molecule has 0 heterocycles. The Labute approximate surface area is 135 Å². The van der Waals surface area contributed by atoms with Gasteiger partial charge in [-0.25, -0.2) is 0 Å². The molecule has 0 saturated carbocycles. The van der Waals surface area contributed by atoms with Gasteiger partial charge in [-0.15, -0.1) is 11.8 Å². The molecule has 2 aromatic rings. The van der Waals surface area contributed by atoms with Gasteiger partial charge in [0, 0.05) is 11.3 Å². The van der Waals surface area contributed by atoms with Crippen molar-refractivity contribution in [1.29, 1.82) is 0 Å². The SMILES string of the molecule is COC(=O)CCSC(C#Cc1ccccc1)c1ccccc1. The van der Waals surface area contributed by atoms with Crippen LogP contribution in [0.3, 0.4) is 0 Å². The number of carbonyl (C=O) groups is 1. The molecular weight excluding hydrogens is 292 g/mol. The van der Waals surface area contributed by atoms with Gasteiger partial charge in [0.2, 0.25) is 0 Å². The van der Waals surface area contributed by atoms with Crippen molar-refractivity contribution >= 4 is 17.7 Å². The second kappa shape index (κ2) is 8.96. The molecule has 0 spiro atoms. The molecule has 0 aromatic heterocycles. The van der Waals surface area contributed by atoms with E-state index in [2.05, 4.69) is 28.7 Å². The summed E-state index contributed by atoms with van der Waals surface area (Å²) in [4.78, 5) is 11.2. The third-order valence-corrected chi connectivity index (χ3v) is 4.21. The lowest BCUT2D eigenvalue weighted by molar-refractivity contribution is -0.140. The number of thioether (sulfide) groups is 1. The van der Waals surface area contributed by atoms with Crippen LogP contribution in [0, 0.1) is 11.8 Å². The molecule has 0 N–H and O–H groups in total. The molecule has 0 radical (unpaired) electrons. The van der Waals surface area contributed by atoms with E-state index < -0.39 is 0 Å². The molecule has 2 rings (SSSR count). The molecule has 0 amide bonds. The zero-order valence-corrected chi connectivity index (χ0v) is 13.3. The summed E-state index contributed by atoms with van der Waals surface area (Å²) in [5.41, 5.74) is 2.15. The molecule has 1 atom stereocenters. The predicted octanol–water partition coefficient (Wildman–Crippen LogP) is 4.08. The van der Waals surface area contributed by atoms with Gasteiger partial charge in [0.15, 0.2) is 0 Å². The van der Waals surface area contributed by atoms with E-state index in [-0.39, 0.29) is 11.2 Å². The highest BCUT2D eigenvalue weighted by molar-refractivity contribution is 7.99. The van der Waals surface area contributed by atoms with Gasteiger partial charge in [0.1, 0.15) is 0 Å². The molecular formula is C19H18O2S. The van der Waals surface area contributed by atoms with Crippen LogP contribution in [0.4, 0.5) is 0 Å². The second-order valence-corrected chi connectivity index (χ2v) is 5.84. The first-order valence-electron chi connectivity index (χ1n) is 7.09. The van der Waals surface area contributed by atoms with Crippen molar-refractivity contribution in [2.45, 2.75) is 11.7 Å². The largest absolute Gasteiger partial charge is 0.469 e. The van der Waals surface area contributed by atoms with E-state index in [0.717, 1.165) is 11.1 Å². The number of hydrogen-bond donors (Lipinski definition) is 0. The van der Waals surface area contributed by atoms with Crippen molar-refractivity contribution in [1.82, 2.24) is 0 Å². The van der Waals surface area contributed by atoms with Gasteiger partial charge in [-0.2, -0.15) is 0 Å². The summed E-state index contributed by atoms with van der Waals surface area (Å²) in [5.74, 6) is 7.02. The highest BCUT2D eigenvalue weighted by atomic mass is 32.2. The Bertz CT molecular complexity index is 641. The van der Waals surface area contributed by atoms with Gasteiger partial charge < -0.3 is 4.74 Å². The van der Waals surface area contributed by atoms with Crippen LogP contribution in [0.1, 0.15) is 22.8 Å². The Morgan fingerprint density at radius 3 is 2.36 bits per heavy atom. The molecule has 0 fully saturated rings. The minimum atomic E-state index is -0.185. The summed E-state index contributed by atoms with van der Waals surface area (Å²) < 4.78 is 4.68. The lowest BCUT2D eigenvalue weighted by Crippen LogP contribution is -2.02. The Morgan fingerprint density at radius 2 is 1.73 bits per heavy atom. The monoisotopic (exact) mass is 310 g/mol. The zero-order chi connectivity index (χ0) is 15.6. The molecule has 112 valence electrons. The summed E-state index contributed by atoms with van der Waals surface area (Å²) in [7, 11) is 1.41. The molecule has 0 saturated heterocycles. The van der Waals surface area contributed by atoms with E-state index in [1.54, 1.807) is 11.8 Å². The topological polar surface area (TPSA) is 26.3 Å². The maximum absolute atomic E-state index is 11.2. The number of hydrogen-bond acceptors (Lipinski definition) is 3. The quantitative estimate of drug-likeness (QED) is 0.615. The van der Waals surface area contributed by atoms with Crippen molar-refractivity contribution in [3.63, 3.8) is 0 Å². The molecule has 0 aliphatic rings. The molecule has 0 aliphatic carbocycles. The van der Waals surface area contributed by atoms with Gasteiger partial charge in [-0.1, -0.05) is 60.4 Å². The Balaban J connectivity index is 2.09. The minimum absolute atomic E-state index is 0.0473. The summed E-state index contributed by atoms with van der Waals surface area (Å²) in [6.07, 6.45) is 0.400. The molecule has 1 unspecified atom stereocenters. The molecule has 22 heavy (non-hydrogen) atoms. The first-order valence-corrected chi connectivity index (χ1v) is 8.14. The van der Waals surface area contributed by atoms with Gasteiger partial charge in [-0.3, -0.25) is 4.79 Å². The first kappa shape index (κ1) is 16.2.